The molecule has 1 saturated carbocycles. The first-order valence-electron chi connectivity index (χ1n) is 6.20. The van der Waals surface area contributed by atoms with Crippen molar-refractivity contribution in [1.82, 2.24) is 4.90 Å². The van der Waals surface area contributed by atoms with Gasteiger partial charge in [0.1, 0.15) is 5.54 Å². The standard InChI is InChI=1S/C12H18ClNO3/c13-7-9-6-10(15)14(8-9)12(11(16)17)4-2-1-3-5-12/h9H,1-8H2,(H,16,17). The fraction of sp³-hybridized carbons (Fsp3) is 0.833. The molecule has 0 aromatic rings. The van der Waals surface area contributed by atoms with Gasteiger partial charge in [-0.1, -0.05) is 19.3 Å². The van der Waals surface area contributed by atoms with Crippen LogP contribution in [0.2, 0.25) is 0 Å². The molecule has 0 radical (unpaired) electrons. The molecule has 1 atom stereocenters. The molecule has 1 unspecified atom stereocenters. The number of carboxylic acids is 1. The molecule has 2 rings (SSSR count). The first-order chi connectivity index (χ1) is 8.10. The summed E-state index contributed by atoms with van der Waals surface area (Å²) in [7, 11) is 0. The van der Waals surface area contributed by atoms with Crippen LogP contribution in [0.4, 0.5) is 0 Å². The molecule has 96 valence electrons. The van der Waals surface area contributed by atoms with Crippen molar-refractivity contribution in [2.45, 2.75) is 44.1 Å². The van der Waals surface area contributed by atoms with Gasteiger partial charge in [0, 0.05) is 18.8 Å². The lowest BCUT2D eigenvalue weighted by Crippen LogP contribution is -2.56. The molecule has 1 amide bonds. The molecule has 1 saturated heterocycles. The van der Waals surface area contributed by atoms with E-state index in [4.69, 9.17) is 11.6 Å². The Balaban J connectivity index is 2.22. The highest BCUT2D eigenvalue weighted by atomic mass is 35.5. The van der Waals surface area contributed by atoms with E-state index in [0.29, 0.717) is 31.7 Å². The summed E-state index contributed by atoms with van der Waals surface area (Å²) in [6, 6.07) is 0. The molecule has 5 heteroatoms. The number of likely N-dealkylation sites (tertiary alicyclic amines) is 1. The van der Waals surface area contributed by atoms with Crippen LogP contribution in [-0.2, 0) is 9.59 Å². The molecular formula is C12H18ClNO3. The maximum Gasteiger partial charge on any atom is 0.329 e. The summed E-state index contributed by atoms with van der Waals surface area (Å²) in [6.07, 6.45) is 4.42. The molecular weight excluding hydrogens is 242 g/mol. The third kappa shape index (κ3) is 2.15. The largest absolute Gasteiger partial charge is 0.479 e. The number of carbonyl (C=O) groups excluding carboxylic acids is 1. The van der Waals surface area contributed by atoms with E-state index in [1.165, 1.54) is 0 Å². The fourth-order valence-corrected chi connectivity index (χ4v) is 3.24. The van der Waals surface area contributed by atoms with E-state index in [0.717, 1.165) is 19.3 Å². The zero-order valence-electron chi connectivity index (χ0n) is 9.82. The second-order valence-corrected chi connectivity index (χ2v) is 5.43. The number of aliphatic carboxylic acids is 1. The summed E-state index contributed by atoms with van der Waals surface area (Å²) in [6.45, 7) is 0.509. The van der Waals surface area contributed by atoms with Gasteiger partial charge >= 0.3 is 5.97 Å². The SMILES string of the molecule is O=C1CC(CCl)CN1C1(C(=O)O)CCCCC1. The Bertz CT molecular complexity index is 326. The number of amides is 1. The average Bonchev–Trinajstić information content (AvgIpc) is 2.71. The molecule has 0 spiro atoms. The van der Waals surface area contributed by atoms with Crippen molar-refractivity contribution in [3.63, 3.8) is 0 Å². The van der Waals surface area contributed by atoms with E-state index in [1.807, 2.05) is 0 Å². The minimum Gasteiger partial charge on any atom is -0.479 e. The Morgan fingerprint density at radius 3 is 2.53 bits per heavy atom. The number of nitrogens with zero attached hydrogens (tertiary/aromatic N) is 1. The molecule has 4 nitrogen and oxygen atoms in total. The van der Waals surface area contributed by atoms with Crippen molar-refractivity contribution in [3.8, 4) is 0 Å². The van der Waals surface area contributed by atoms with E-state index in [-0.39, 0.29) is 11.8 Å². The van der Waals surface area contributed by atoms with Gasteiger partial charge in [-0.15, -0.1) is 11.6 Å². The monoisotopic (exact) mass is 259 g/mol. The molecule has 1 heterocycles. The van der Waals surface area contributed by atoms with Crippen LogP contribution in [0.3, 0.4) is 0 Å². The van der Waals surface area contributed by atoms with E-state index in [1.54, 1.807) is 4.90 Å². The van der Waals surface area contributed by atoms with E-state index >= 15 is 0 Å². The van der Waals surface area contributed by atoms with Crippen molar-refractivity contribution in [3.05, 3.63) is 0 Å². The van der Waals surface area contributed by atoms with E-state index in [2.05, 4.69) is 0 Å². The topological polar surface area (TPSA) is 57.6 Å². The molecule has 2 aliphatic rings. The first kappa shape index (κ1) is 12.7. The minimum atomic E-state index is -0.948. The van der Waals surface area contributed by atoms with Crippen molar-refractivity contribution < 1.29 is 14.7 Å². The molecule has 1 aliphatic heterocycles. The molecule has 0 aromatic heterocycles. The van der Waals surface area contributed by atoms with Crippen molar-refractivity contribution in [2.24, 2.45) is 5.92 Å². The van der Waals surface area contributed by atoms with Crippen LogP contribution in [0.15, 0.2) is 0 Å². The lowest BCUT2D eigenvalue weighted by molar-refractivity contribution is -0.159. The molecule has 1 aliphatic carbocycles. The first-order valence-corrected chi connectivity index (χ1v) is 6.73. The van der Waals surface area contributed by atoms with Crippen molar-refractivity contribution in [1.29, 1.82) is 0 Å². The summed E-state index contributed by atoms with van der Waals surface area (Å²) in [4.78, 5) is 25.1. The Kier molecular flexibility index (Phi) is 3.61. The van der Waals surface area contributed by atoms with Gasteiger partial charge in [-0.2, -0.15) is 0 Å². The quantitative estimate of drug-likeness (QED) is 0.787. The third-order valence-corrected chi connectivity index (χ3v) is 4.46. The number of carbonyl (C=O) groups is 2. The highest BCUT2D eigenvalue weighted by Crippen LogP contribution is 2.38. The molecule has 2 fully saturated rings. The number of rotatable bonds is 3. The maximum atomic E-state index is 12.0. The van der Waals surface area contributed by atoms with Crippen LogP contribution in [0, 0.1) is 5.92 Å². The van der Waals surface area contributed by atoms with Gasteiger partial charge in [-0.3, -0.25) is 4.79 Å². The van der Waals surface area contributed by atoms with E-state index in [9.17, 15) is 14.7 Å². The second-order valence-electron chi connectivity index (χ2n) is 5.13. The summed E-state index contributed by atoms with van der Waals surface area (Å²) in [5, 5.41) is 9.50. The average molecular weight is 260 g/mol. The smallest absolute Gasteiger partial charge is 0.329 e. The van der Waals surface area contributed by atoms with Gasteiger partial charge in [0.2, 0.25) is 5.91 Å². The van der Waals surface area contributed by atoms with Gasteiger partial charge in [-0.25, -0.2) is 4.79 Å². The minimum absolute atomic E-state index is 0.0417. The number of carboxylic acid groups (broad SMARTS) is 1. The van der Waals surface area contributed by atoms with Crippen LogP contribution < -0.4 is 0 Å². The number of alkyl halides is 1. The van der Waals surface area contributed by atoms with Gasteiger partial charge in [-0.05, 0) is 18.8 Å². The zero-order chi connectivity index (χ0) is 12.5. The predicted molar refractivity (Wildman–Crippen MR) is 64.0 cm³/mol. The molecule has 0 aromatic carbocycles. The Morgan fingerprint density at radius 2 is 2.06 bits per heavy atom. The maximum absolute atomic E-state index is 12.0. The van der Waals surface area contributed by atoms with Crippen LogP contribution in [0.1, 0.15) is 38.5 Å². The summed E-state index contributed by atoms with van der Waals surface area (Å²) < 4.78 is 0. The molecule has 17 heavy (non-hydrogen) atoms. The van der Waals surface area contributed by atoms with Crippen LogP contribution in [0.5, 0.6) is 0 Å². The second kappa shape index (κ2) is 4.84. The Hall–Kier alpha value is -0.770. The summed E-state index contributed by atoms with van der Waals surface area (Å²) in [5.74, 6) is -0.346. The van der Waals surface area contributed by atoms with Crippen molar-refractivity contribution >= 4 is 23.5 Å². The highest BCUT2D eigenvalue weighted by Gasteiger charge is 2.50. The molecule has 1 N–H and O–H groups in total. The highest BCUT2D eigenvalue weighted by molar-refractivity contribution is 6.18. The van der Waals surface area contributed by atoms with Crippen LogP contribution >= 0.6 is 11.6 Å². The predicted octanol–water partition coefficient (Wildman–Crippen LogP) is 1.86. The summed E-state index contributed by atoms with van der Waals surface area (Å²) >= 11 is 5.78. The Morgan fingerprint density at radius 1 is 1.41 bits per heavy atom. The van der Waals surface area contributed by atoms with Gasteiger partial charge in [0.15, 0.2) is 0 Å². The van der Waals surface area contributed by atoms with Crippen LogP contribution in [0.25, 0.3) is 0 Å². The number of halogens is 1. The lowest BCUT2D eigenvalue weighted by atomic mass is 9.80. The van der Waals surface area contributed by atoms with Gasteiger partial charge in [0.05, 0.1) is 0 Å². The van der Waals surface area contributed by atoms with Gasteiger partial charge < -0.3 is 10.0 Å². The van der Waals surface area contributed by atoms with Crippen LogP contribution in [-0.4, -0.2) is 39.8 Å². The van der Waals surface area contributed by atoms with Gasteiger partial charge in [0.25, 0.3) is 0 Å². The van der Waals surface area contributed by atoms with Crippen molar-refractivity contribution in [2.75, 3.05) is 12.4 Å². The third-order valence-electron chi connectivity index (χ3n) is 4.02. The zero-order valence-corrected chi connectivity index (χ0v) is 10.6. The van der Waals surface area contributed by atoms with E-state index < -0.39 is 11.5 Å². The number of hydrogen-bond acceptors (Lipinski definition) is 2. The normalized spacial score (nSPS) is 28.4. The summed E-state index contributed by atoms with van der Waals surface area (Å²) in [5.41, 5.74) is -0.948. The Labute approximate surface area is 106 Å². The lowest BCUT2D eigenvalue weighted by Gasteiger charge is -2.41. The number of hydrogen-bond donors (Lipinski definition) is 1. The molecule has 0 bridgehead atoms. The fourth-order valence-electron chi connectivity index (χ4n) is 3.03.